The van der Waals surface area contributed by atoms with Crippen molar-refractivity contribution in [3.05, 3.63) is 11.1 Å². The number of nitrogens with two attached hydrogens (primary N) is 1. The summed E-state index contributed by atoms with van der Waals surface area (Å²) in [4.78, 5) is 16.8. The summed E-state index contributed by atoms with van der Waals surface area (Å²) in [7, 11) is 1.51. The highest BCUT2D eigenvalue weighted by molar-refractivity contribution is 7.15. The van der Waals surface area contributed by atoms with Gasteiger partial charge in [-0.1, -0.05) is 13.3 Å². The first-order chi connectivity index (χ1) is 7.67. The lowest BCUT2D eigenvalue weighted by Gasteiger charge is -2.08. The number of amides is 1. The average Bonchev–Trinajstić information content (AvgIpc) is 2.66. The molecule has 0 aliphatic rings. The van der Waals surface area contributed by atoms with Gasteiger partial charge in [-0.25, -0.2) is 4.98 Å². The van der Waals surface area contributed by atoms with Crippen LogP contribution >= 0.6 is 11.3 Å². The number of ether oxygens (including phenoxy) is 1. The number of methoxy groups -OCH3 is 1. The minimum Gasteiger partial charge on any atom is -0.383 e. The van der Waals surface area contributed by atoms with Crippen LogP contribution in [0.25, 0.3) is 0 Å². The second kappa shape index (κ2) is 6.57. The number of hydrogen-bond donors (Lipinski definition) is 2. The van der Waals surface area contributed by atoms with Gasteiger partial charge in [-0.2, -0.15) is 0 Å². The topological polar surface area (TPSA) is 77.2 Å². The van der Waals surface area contributed by atoms with Crippen molar-refractivity contribution in [2.75, 3.05) is 19.0 Å². The van der Waals surface area contributed by atoms with Gasteiger partial charge in [0, 0.05) is 18.2 Å². The third kappa shape index (κ3) is 3.88. The van der Waals surface area contributed by atoms with Crippen molar-refractivity contribution in [3.8, 4) is 0 Å². The lowest BCUT2D eigenvalue weighted by atomic mass is 10.3. The van der Waals surface area contributed by atoms with E-state index in [0.29, 0.717) is 5.13 Å². The van der Waals surface area contributed by atoms with Gasteiger partial charge in [-0.3, -0.25) is 4.79 Å². The molecule has 0 saturated carbocycles. The lowest BCUT2D eigenvalue weighted by Crippen LogP contribution is -2.39. The molecule has 0 radical (unpaired) electrons. The van der Waals surface area contributed by atoms with E-state index in [2.05, 4.69) is 17.2 Å². The van der Waals surface area contributed by atoms with Crippen LogP contribution in [0.1, 0.15) is 18.2 Å². The Balaban J connectivity index is 2.49. The number of aryl methyl sites for hydroxylation is 1. The van der Waals surface area contributed by atoms with E-state index in [1.165, 1.54) is 18.4 Å². The molecule has 1 rings (SSSR count). The van der Waals surface area contributed by atoms with Crippen LogP contribution in [-0.4, -0.2) is 30.6 Å². The Morgan fingerprint density at radius 2 is 2.50 bits per heavy atom. The molecular weight excluding hydrogens is 226 g/mol. The van der Waals surface area contributed by atoms with E-state index >= 15 is 0 Å². The molecule has 6 heteroatoms. The number of aromatic nitrogens is 1. The largest absolute Gasteiger partial charge is 0.383 e. The molecule has 1 heterocycles. The van der Waals surface area contributed by atoms with Crippen LogP contribution in [0.3, 0.4) is 0 Å². The molecule has 5 nitrogen and oxygen atoms in total. The smallest absolute Gasteiger partial charge is 0.245 e. The molecule has 0 bridgehead atoms. The Hall–Kier alpha value is -0.980. The van der Waals surface area contributed by atoms with Crippen LogP contribution in [0, 0.1) is 0 Å². The number of carbonyl (C=O) groups is 1. The third-order valence-electron chi connectivity index (χ3n) is 1.96. The van der Waals surface area contributed by atoms with E-state index < -0.39 is 6.04 Å². The number of nitrogens with zero attached hydrogens (tertiary/aromatic N) is 1. The van der Waals surface area contributed by atoms with Crippen molar-refractivity contribution in [2.24, 2.45) is 5.73 Å². The Morgan fingerprint density at radius 1 is 1.75 bits per heavy atom. The van der Waals surface area contributed by atoms with Crippen LogP contribution in [-0.2, 0) is 16.0 Å². The van der Waals surface area contributed by atoms with Gasteiger partial charge < -0.3 is 15.8 Å². The van der Waals surface area contributed by atoms with Crippen LogP contribution < -0.4 is 11.1 Å². The van der Waals surface area contributed by atoms with Crippen molar-refractivity contribution in [1.29, 1.82) is 0 Å². The number of hydrogen-bond acceptors (Lipinski definition) is 5. The Bertz CT molecular complexity index is 341. The molecule has 0 saturated heterocycles. The fourth-order valence-electron chi connectivity index (χ4n) is 1.18. The summed E-state index contributed by atoms with van der Waals surface area (Å²) in [5, 5.41) is 3.27. The summed E-state index contributed by atoms with van der Waals surface area (Å²) >= 11 is 1.48. The third-order valence-corrected chi connectivity index (χ3v) is 2.94. The lowest BCUT2D eigenvalue weighted by molar-refractivity contribution is -0.118. The van der Waals surface area contributed by atoms with Gasteiger partial charge >= 0.3 is 0 Å². The summed E-state index contributed by atoms with van der Waals surface area (Å²) in [5.41, 5.74) is 5.58. The summed E-state index contributed by atoms with van der Waals surface area (Å²) in [6.45, 7) is 2.31. The van der Waals surface area contributed by atoms with Crippen LogP contribution in [0.5, 0.6) is 0 Å². The fourth-order valence-corrected chi connectivity index (χ4v) is 2.10. The predicted octanol–water partition coefficient (Wildman–Crippen LogP) is 1.01. The van der Waals surface area contributed by atoms with E-state index in [4.69, 9.17) is 10.5 Å². The Kier molecular flexibility index (Phi) is 5.37. The zero-order valence-corrected chi connectivity index (χ0v) is 10.3. The monoisotopic (exact) mass is 243 g/mol. The molecule has 0 fully saturated rings. The first-order valence-corrected chi connectivity index (χ1v) is 5.99. The van der Waals surface area contributed by atoms with Crippen molar-refractivity contribution < 1.29 is 9.53 Å². The molecular formula is C10H17N3O2S. The summed E-state index contributed by atoms with van der Waals surface area (Å²) in [5.74, 6) is -0.265. The first kappa shape index (κ1) is 13.1. The highest BCUT2D eigenvalue weighted by Gasteiger charge is 2.14. The van der Waals surface area contributed by atoms with Gasteiger partial charge in [-0.05, 0) is 6.42 Å². The first-order valence-electron chi connectivity index (χ1n) is 5.17. The molecule has 1 unspecified atom stereocenters. The van der Waals surface area contributed by atoms with Crippen LogP contribution in [0.4, 0.5) is 5.13 Å². The summed E-state index contributed by atoms with van der Waals surface area (Å²) in [6.07, 6.45) is 3.84. The molecule has 16 heavy (non-hydrogen) atoms. The van der Waals surface area contributed by atoms with Crippen molar-refractivity contribution in [3.63, 3.8) is 0 Å². The van der Waals surface area contributed by atoms with Crippen LogP contribution in [0.2, 0.25) is 0 Å². The Labute approximate surface area is 99.0 Å². The quantitative estimate of drug-likeness (QED) is 0.781. The number of anilines is 1. The highest BCUT2D eigenvalue weighted by atomic mass is 32.1. The van der Waals surface area contributed by atoms with Gasteiger partial charge in [0.1, 0.15) is 6.04 Å². The van der Waals surface area contributed by atoms with E-state index in [1.54, 1.807) is 6.20 Å². The number of rotatable bonds is 6. The van der Waals surface area contributed by atoms with Gasteiger partial charge in [-0.15, -0.1) is 11.3 Å². The molecule has 1 amide bonds. The highest BCUT2D eigenvalue weighted by Crippen LogP contribution is 2.19. The molecule has 1 aromatic rings. The molecule has 0 aliphatic carbocycles. The van der Waals surface area contributed by atoms with Gasteiger partial charge in [0.25, 0.3) is 0 Å². The standard InChI is InChI=1S/C10H17N3O2S/c1-3-4-7-5-12-10(16-7)13-9(14)8(11)6-15-2/h5,8H,3-4,6,11H2,1-2H3,(H,12,13,14). The number of carbonyl (C=O) groups excluding carboxylic acids is 1. The fraction of sp³-hybridized carbons (Fsp3) is 0.600. The van der Waals surface area contributed by atoms with E-state index in [-0.39, 0.29) is 12.5 Å². The minimum atomic E-state index is -0.650. The number of thiazole rings is 1. The molecule has 0 spiro atoms. The zero-order chi connectivity index (χ0) is 12.0. The maximum absolute atomic E-state index is 11.5. The molecule has 1 aromatic heterocycles. The maximum atomic E-state index is 11.5. The summed E-state index contributed by atoms with van der Waals surface area (Å²) < 4.78 is 4.80. The van der Waals surface area contributed by atoms with E-state index in [9.17, 15) is 4.79 Å². The van der Waals surface area contributed by atoms with Crippen LogP contribution in [0.15, 0.2) is 6.20 Å². The molecule has 90 valence electrons. The van der Waals surface area contributed by atoms with Gasteiger partial charge in [0.05, 0.1) is 6.61 Å². The van der Waals surface area contributed by atoms with Gasteiger partial charge in [0.15, 0.2) is 5.13 Å². The zero-order valence-electron chi connectivity index (χ0n) is 9.53. The molecule has 0 aliphatic heterocycles. The molecule has 1 atom stereocenters. The SMILES string of the molecule is CCCc1cnc(NC(=O)C(N)COC)s1. The van der Waals surface area contributed by atoms with Crippen molar-refractivity contribution >= 4 is 22.4 Å². The van der Waals surface area contributed by atoms with Gasteiger partial charge in [0.2, 0.25) is 5.91 Å². The molecule has 3 N–H and O–H groups in total. The predicted molar refractivity (Wildman–Crippen MR) is 64.6 cm³/mol. The van der Waals surface area contributed by atoms with Crippen molar-refractivity contribution in [2.45, 2.75) is 25.8 Å². The second-order valence-corrected chi connectivity index (χ2v) is 4.55. The number of nitrogens with one attached hydrogen (secondary N) is 1. The normalized spacial score (nSPS) is 12.4. The summed E-state index contributed by atoms with van der Waals surface area (Å²) in [6, 6.07) is -0.650. The van der Waals surface area contributed by atoms with E-state index in [0.717, 1.165) is 17.7 Å². The second-order valence-electron chi connectivity index (χ2n) is 3.43. The van der Waals surface area contributed by atoms with E-state index in [1.807, 2.05) is 0 Å². The minimum absolute atomic E-state index is 0.207. The van der Waals surface area contributed by atoms with Crippen molar-refractivity contribution in [1.82, 2.24) is 4.98 Å². The Morgan fingerprint density at radius 3 is 3.12 bits per heavy atom. The molecule has 0 aromatic carbocycles. The average molecular weight is 243 g/mol. The maximum Gasteiger partial charge on any atom is 0.245 e.